The molecule has 2 aromatic rings. The van der Waals surface area contributed by atoms with Gasteiger partial charge in [0.25, 0.3) is 5.91 Å². The molecule has 27 heavy (non-hydrogen) atoms. The van der Waals surface area contributed by atoms with E-state index in [0.717, 1.165) is 0 Å². The number of hydrogen-bond donors (Lipinski definition) is 1. The van der Waals surface area contributed by atoms with Gasteiger partial charge in [-0.3, -0.25) is 9.59 Å². The molecule has 1 aliphatic heterocycles. The van der Waals surface area contributed by atoms with Crippen LogP contribution < -0.4 is 19.5 Å². The number of likely N-dealkylation sites (N-methyl/N-ethyl adjacent to an activating group) is 1. The molecule has 0 atom stereocenters. The maximum atomic E-state index is 12.6. The van der Waals surface area contributed by atoms with Gasteiger partial charge in [0.05, 0.1) is 12.7 Å². The Labute approximate surface area is 157 Å². The molecule has 0 saturated carbocycles. The minimum atomic E-state index is -0.302. The number of benzene rings is 1. The van der Waals surface area contributed by atoms with Crippen LogP contribution in [0, 0.1) is 0 Å². The SMILES string of the molecule is CCN(CC(=O)Nc1ccc2c(c1)OCCO2)C(=O)c1ccc(OC)nc1. The third-order valence-corrected chi connectivity index (χ3v) is 4.02. The van der Waals surface area contributed by atoms with Gasteiger partial charge in [0.1, 0.15) is 19.8 Å². The van der Waals surface area contributed by atoms with E-state index in [1.54, 1.807) is 30.3 Å². The lowest BCUT2D eigenvalue weighted by Gasteiger charge is -2.21. The van der Waals surface area contributed by atoms with E-state index in [1.165, 1.54) is 18.2 Å². The molecule has 3 rings (SSSR count). The number of pyridine rings is 1. The zero-order valence-corrected chi connectivity index (χ0v) is 15.2. The number of aromatic nitrogens is 1. The van der Waals surface area contributed by atoms with Gasteiger partial charge in [0.2, 0.25) is 11.8 Å². The van der Waals surface area contributed by atoms with Crippen molar-refractivity contribution >= 4 is 17.5 Å². The summed E-state index contributed by atoms with van der Waals surface area (Å²) in [5.41, 5.74) is 0.976. The summed E-state index contributed by atoms with van der Waals surface area (Å²) in [7, 11) is 1.50. The van der Waals surface area contributed by atoms with Gasteiger partial charge in [0.15, 0.2) is 11.5 Å². The quantitative estimate of drug-likeness (QED) is 0.835. The third-order valence-electron chi connectivity index (χ3n) is 4.02. The molecular weight excluding hydrogens is 350 g/mol. The first-order chi connectivity index (χ1) is 13.1. The highest BCUT2D eigenvalue weighted by atomic mass is 16.6. The van der Waals surface area contributed by atoms with E-state index in [2.05, 4.69) is 10.3 Å². The topological polar surface area (TPSA) is 90.0 Å². The first kappa shape index (κ1) is 18.5. The molecule has 0 fully saturated rings. The molecule has 2 amide bonds. The van der Waals surface area contributed by atoms with Gasteiger partial charge in [0, 0.05) is 30.6 Å². The van der Waals surface area contributed by atoms with Crippen molar-refractivity contribution in [3.8, 4) is 17.4 Å². The number of methoxy groups -OCH3 is 1. The highest BCUT2D eigenvalue weighted by Crippen LogP contribution is 2.32. The molecule has 0 spiro atoms. The first-order valence-electron chi connectivity index (χ1n) is 8.59. The van der Waals surface area contributed by atoms with Crippen molar-refractivity contribution in [1.29, 1.82) is 0 Å². The minimum absolute atomic E-state index is 0.0736. The van der Waals surface area contributed by atoms with Crippen molar-refractivity contribution in [2.24, 2.45) is 0 Å². The van der Waals surface area contributed by atoms with Crippen LogP contribution in [0.2, 0.25) is 0 Å². The number of hydrogen-bond acceptors (Lipinski definition) is 6. The molecule has 2 heterocycles. The number of anilines is 1. The molecule has 8 nitrogen and oxygen atoms in total. The average Bonchev–Trinajstić information content (AvgIpc) is 2.71. The summed E-state index contributed by atoms with van der Waals surface area (Å²) >= 11 is 0. The van der Waals surface area contributed by atoms with Gasteiger partial charge in [-0.15, -0.1) is 0 Å². The Balaban J connectivity index is 1.63. The van der Waals surface area contributed by atoms with Crippen molar-refractivity contribution < 1.29 is 23.8 Å². The average molecular weight is 371 g/mol. The van der Waals surface area contributed by atoms with Crippen molar-refractivity contribution in [3.05, 3.63) is 42.1 Å². The molecule has 0 unspecified atom stereocenters. The Hall–Kier alpha value is -3.29. The van der Waals surface area contributed by atoms with Crippen LogP contribution in [0.15, 0.2) is 36.5 Å². The van der Waals surface area contributed by atoms with Gasteiger partial charge in [-0.2, -0.15) is 0 Å². The number of nitrogens with zero attached hydrogens (tertiary/aromatic N) is 2. The molecule has 1 aromatic heterocycles. The van der Waals surface area contributed by atoms with E-state index in [1.807, 2.05) is 6.92 Å². The van der Waals surface area contributed by atoms with E-state index in [-0.39, 0.29) is 18.4 Å². The van der Waals surface area contributed by atoms with Gasteiger partial charge in [-0.1, -0.05) is 0 Å². The number of rotatable bonds is 6. The van der Waals surface area contributed by atoms with Crippen molar-refractivity contribution in [1.82, 2.24) is 9.88 Å². The van der Waals surface area contributed by atoms with Crippen LogP contribution >= 0.6 is 0 Å². The van der Waals surface area contributed by atoms with Crippen LogP contribution in [0.3, 0.4) is 0 Å². The number of fused-ring (bicyclic) bond motifs is 1. The molecule has 0 radical (unpaired) electrons. The fraction of sp³-hybridized carbons (Fsp3) is 0.316. The van der Waals surface area contributed by atoms with Crippen molar-refractivity contribution in [3.63, 3.8) is 0 Å². The summed E-state index contributed by atoms with van der Waals surface area (Å²) < 4.78 is 15.9. The summed E-state index contributed by atoms with van der Waals surface area (Å²) in [5, 5.41) is 2.78. The second-order valence-corrected chi connectivity index (χ2v) is 5.82. The summed E-state index contributed by atoms with van der Waals surface area (Å²) in [5.74, 6) is 1.09. The van der Waals surface area contributed by atoms with Crippen LogP contribution in [-0.4, -0.2) is 55.1 Å². The Morgan fingerprint density at radius 2 is 1.96 bits per heavy atom. The lowest BCUT2D eigenvalue weighted by molar-refractivity contribution is -0.116. The van der Waals surface area contributed by atoms with Gasteiger partial charge in [-0.25, -0.2) is 4.98 Å². The van der Waals surface area contributed by atoms with Crippen LogP contribution in [0.5, 0.6) is 17.4 Å². The summed E-state index contributed by atoms with van der Waals surface area (Å²) in [6.07, 6.45) is 1.43. The maximum Gasteiger partial charge on any atom is 0.255 e. The Bertz CT molecular complexity index is 823. The maximum absolute atomic E-state index is 12.6. The lowest BCUT2D eigenvalue weighted by atomic mass is 10.2. The number of nitrogens with one attached hydrogen (secondary N) is 1. The first-order valence-corrected chi connectivity index (χ1v) is 8.59. The molecular formula is C19H21N3O5. The number of carbonyl (C=O) groups is 2. The fourth-order valence-electron chi connectivity index (χ4n) is 2.63. The van der Waals surface area contributed by atoms with E-state index < -0.39 is 0 Å². The molecule has 0 aliphatic carbocycles. The highest BCUT2D eigenvalue weighted by molar-refractivity contribution is 5.99. The molecule has 0 saturated heterocycles. The highest BCUT2D eigenvalue weighted by Gasteiger charge is 2.19. The van der Waals surface area contributed by atoms with Gasteiger partial charge >= 0.3 is 0 Å². The largest absolute Gasteiger partial charge is 0.486 e. The summed E-state index contributed by atoms with van der Waals surface area (Å²) in [6, 6.07) is 8.41. The molecule has 1 aliphatic rings. The number of carbonyl (C=O) groups excluding carboxylic acids is 2. The van der Waals surface area contributed by atoms with Gasteiger partial charge < -0.3 is 24.4 Å². The standard InChI is InChI=1S/C19H21N3O5/c1-3-22(19(24)13-4-7-18(25-2)20-11-13)12-17(23)21-14-5-6-15-16(10-14)27-9-8-26-15/h4-7,10-11H,3,8-9,12H2,1-2H3,(H,21,23). The number of amides is 2. The van der Waals surface area contributed by atoms with Crippen LogP contribution in [0.25, 0.3) is 0 Å². The smallest absolute Gasteiger partial charge is 0.255 e. The zero-order chi connectivity index (χ0) is 19.2. The van der Waals surface area contributed by atoms with E-state index in [0.29, 0.717) is 48.4 Å². The molecule has 8 heteroatoms. The van der Waals surface area contributed by atoms with Crippen molar-refractivity contribution in [2.45, 2.75) is 6.92 Å². The Morgan fingerprint density at radius 1 is 1.19 bits per heavy atom. The zero-order valence-electron chi connectivity index (χ0n) is 15.2. The normalized spacial score (nSPS) is 12.2. The van der Waals surface area contributed by atoms with Crippen molar-refractivity contribution in [2.75, 3.05) is 38.7 Å². The Kier molecular flexibility index (Phi) is 5.75. The third kappa shape index (κ3) is 4.46. The van der Waals surface area contributed by atoms with Crippen LogP contribution in [0.1, 0.15) is 17.3 Å². The predicted octanol–water partition coefficient (Wildman–Crippen LogP) is 1.96. The second kappa shape index (κ2) is 8.39. The molecule has 0 bridgehead atoms. The fourth-order valence-corrected chi connectivity index (χ4v) is 2.63. The molecule has 1 N–H and O–H groups in total. The van der Waals surface area contributed by atoms with E-state index >= 15 is 0 Å². The summed E-state index contributed by atoms with van der Waals surface area (Å²) in [4.78, 5) is 30.4. The Morgan fingerprint density at radius 3 is 2.63 bits per heavy atom. The monoisotopic (exact) mass is 371 g/mol. The minimum Gasteiger partial charge on any atom is -0.486 e. The molecule has 1 aromatic carbocycles. The van der Waals surface area contributed by atoms with E-state index in [4.69, 9.17) is 14.2 Å². The van der Waals surface area contributed by atoms with Crippen LogP contribution in [-0.2, 0) is 4.79 Å². The van der Waals surface area contributed by atoms with E-state index in [9.17, 15) is 9.59 Å². The predicted molar refractivity (Wildman–Crippen MR) is 98.4 cm³/mol. The summed E-state index contributed by atoms with van der Waals surface area (Å²) in [6.45, 7) is 3.10. The molecule has 142 valence electrons. The van der Waals surface area contributed by atoms with Crippen LogP contribution in [0.4, 0.5) is 5.69 Å². The second-order valence-electron chi connectivity index (χ2n) is 5.82. The lowest BCUT2D eigenvalue weighted by Crippen LogP contribution is -2.37. The number of ether oxygens (including phenoxy) is 3. The van der Waals surface area contributed by atoms with Gasteiger partial charge in [-0.05, 0) is 25.1 Å².